The Balaban J connectivity index is 1.32. The van der Waals surface area contributed by atoms with Crippen LogP contribution < -0.4 is 10.2 Å². The number of ketones is 1. The van der Waals surface area contributed by atoms with E-state index < -0.39 is 5.25 Å². The lowest BCUT2D eigenvalue weighted by molar-refractivity contribution is -0.132. The lowest BCUT2D eigenvalue weighted by atomic mass is 10.1. The van der Waals surface area contributed by atoms with E-state index in [-0.39, 0.29) is 24.0 Å². The summed E-state index contributed by atoms with van der Waals surface area (Å²) in [5.74, 6) is -0.0333. The summed E-state index contributed by atoms with van der Waals surface area (Å²) in [6.45, 7) is 4.28. The van der Waals surface area contributed by atoms with E-state index in [1.54, 1.807) is 6.92 Å². The van der Waals surface area contributed by atoms with Crippen LogP contribution in [0.1, 0.15) is 23.7 Å². The zero-order chi connectivity index (χ0) is 20.4. The minimum absolute atomic E-state index is 0.0172. The first-order chi connectivity index (χ1) is 14.0. The lowest BCUT2D eigenvalue weighted by Crippen LogP contribution is -2.49. The maximum absolute atomic E-state index is 12.8. The second kappa shape index (κ2) is 8.29. The molecule has 2 aromatic rings. The summed E-state index contributed by atoms with van der Waals surface area (Å²) in [6, 6.07) is 15.2. The minimum atomic E-state index is -0.394. The molecule has 0 bridgehead atoms. The fraction of sp³-hybridized carbons (Fsp3) is 0.318. The Hall–Kier alpha value is -2.80. The van der Waals surface area contributed by atoms with Gasteiger partial charge in [-0.15, -0.1) is 11.8 Å². The fourth-order valence-electron chi connectivity index (χ4n) is 3.64. The summed E-state index contributed by atoms with van der Waals surface area (Å²) in [6.07, 6.45) is 0.206. The lowest BCUT2D eigenvalue weighted by Gasteiger charge is -2.37. The number of nitrogens with one attached hydrogen (secondary N) is 1. The molecule has 0 saturated carbocycles. The number of fused-ring (bicyclic) bond motifs is 1. The number of hydrogen-bond acceptors (Lipinski definition) is 5. The van der Waals surface area contributed by atoms with Gasteiger partial charge in [0.25, 0.3) is 0 Å². The Kier molecular flexibility index (Phi) is 5.58. The molecule has 0 aromatic heterocycles. The number of rotatable bonds is 4. The largest absolute Gasteiger partial charge is 0.368 e. The first-order valence-corrected chi connectivity index (χ1v) is 10.6. The van der Waals surface area contributed by atoms with Gasteiger partial charge in [0.15, 0.2) is 5.78 Å². The Morgan fingerprint density at radius 2 is 1.72 bits per heavy atom. The Labute approximate surface area is 174 Å². The number of carbonyl (C=O) groups excluding carboxylic acids is 3. The van der Waals surface area contributed by atoms with Crippen molar-refractivity contribution in [3.8, 4) is 0 Å². The Bertz CT molecular complexity index is 937. The number of piperazine rings is 1. The molecule has 0 aliphatic carbocycles. The van der Waals surface area contributed by atoms with Crippen LogP contribution in [0.2, 0.25) is 0 Å². The van der Waals surface area contributed by atoms with Gasteiger partial charge in [0.1, 0.15) is 0 Å². The number of Topliss-reactive ketones (excluding diaryl/α,β-unsaturated/α-hetero) is 1. The van der Waals surface area contributed by atoms with Gasteiger partial charge in [-0.3, -0.25) is 14.4 Å². The highest BCUT2D eigenvalue weighted by Gasteiger charge is 2.31. The van der Waals surface area contributed by atoms with Crippen molar-refractivity contribution in [2.75, 3.05) is 36.4 Å². The zero-order valence-corrected chi connectivity index (χ0v) is 17.1. The average Bonchev–Trinajstić information content (AvgIpc) is 2.74. The minimum Gasteiger partial charge on any atom is -0.368 e. The van der Waals surface area contributed by atoms with E-state index in [2.05, 4.69) is 10.2 Å². The monoisotopic (exact) mass is 409 g/mol. The van der Waals surface area contributed by atoms with Crippen molar-refractivity contribution in [3.05, 3.63) is 54.1 Å². The third-order valence-corrected chi connectivity index (χ3v) is 6.61. The predicted molar refractivity (Wildman–Crippen MR) is 115 cm³/mol. The number of anilines is 2. The van der Waals surface area contributed by atoms with Crippen molar-refractivity contribution >= 4 is 40.7 Å². The summed E-state index contributed by atoms with van der Waals surface area (Å²) < 4.78 is 0. The topological polar surface area (TPSA) is 69.7 Å². The van der Waals surface area contributed by atoms with E-state index in [4.69, 9.17) is 0 Å². The number of thioether (sulfide) groups is 1. The maximum Gasteiger partial charge on any atom is 0.238 e. The van der Waals surface area contributed by atoms with Gasteiger partial charge in [-0.2, -0.15) is 0 Å². The number of amides is 2. The highest BCUT2D eigenvalue weighted by molar-refractivity contribution is 8.01. The van der Waals surface area contributed by atoms with E-state index in [0.717, 1.165) is 29.4 Å². The first-order valence-electron chi connectivity index (χ1n) is 9.71. The standard InChI is InChI=1S/C22H23N3O3S/c1-15(26)16-6-8-17(9-7-16)24-10-12-25(13-11-24)21(27)14-20-22(28)23-18-4-2-3-5-19(18)29-20/h2-9,20H,10-14H2,1H3,(H,23,28). The quantitative estimate of drug-likeness (QED) is 0.786. The van der Waals surface area contributed by atoms with E-state index in [1.165, 1.54) is 11.8 Å². The number of carbonyl (C=O) groups is 3. The Morgan fingerprint density at radius 3 is 2.41 bits per heavy atom. The van der Waals surface area contributed by atoms with Gasteiger partial charge in [0, 0.05) is 48.7 Å². The molecule has 1 N–H and O–H groups in total. The molecule has 2 aliphatic rings. The molecule has 2 heterocycles. The molecule has 1 fully saturated rings. The molecule has 4 rings (SSSR count). The van der Waals surface area contributed by atoms with Crippen LogP contribution in [-0.2, 0) is 9.59 Å². The first kappa shape index (κ1) is 19.5. The van der Waals surface area contributed by atoms with E-state index in [9.17, 15) is 14.4 Å². The number of para-hydroxylation sites is 1. The van der Waals surface area contributed by atoms with Crippen LogP contribution in [0, 0.1) is 0 Å². The second-order valence-corrected chi connectivity index (χ2v) is 8.51. The van der Waals surface area contributed by atoms with E-state index in [0.29, 0.717) is 18.7 Å². The molecule has 6 nitrogen and oxygen atoms in total. The van der Waals surface area contributed by atoms with E-state index in [1.807, 2.05) is 53.4 Å². The molecule has 1 saturated heterocycles. The van der Waals surface area contributed by atoms with Crippen molar-refractivity contribution in [1.82, 2.24) is 4.90 Å². The van der Waals surface area contributed by atoms with Gasteiger partial charge in [-0.1, -0.05) is 12.1 Å². The van der Waals surface area contributed by atoms with Crippen LogP contribution in [-0.4, -0.2) is 53.9 Å². The molecule has 0 radical (unpaired) electrons. The number of nitrogens with zero attached hydrogens (tertiary/aromatic N) is 2. The van der Waals surface area contributed by atoms with Crippen LogP contribution >= 0.6 is 11.8 Å². The van der Waals surface area contributed by atoms with Crippen LogP contribution in [0.5, 0.6) is 0 Å². The molecule has 150 valence electrons. The molecule has 2 aliphatic heterocycles. The van der Waals surface area contributed by atoms with Gasteiger partial charge in [-0.05, 0) is 43.3 Å². The Morgan fingerprint density at radius 1 is 1.03 bits per heavy atom. The molecular weight excluding hydrogens is 386 g/mol. The summed E-state index contributed by atoms with van der Waals surface area (Å²) in [5, 5.41) is 2.50. The van der Waals surface area contributed by atoms with Gasteiger partial charge >= 0.3 is 0 Å². The zero-order valence-electron chi connectivity index (χ0n) is 16.3. The van der Waals surface area contributed by atoms with Crippen molar-refractivity contribution in [3.63, 3.8) is 0 Å². The fourth-order valence-corrected chi connectivity index (χ4v) is 4.74. The molecule has 2 aromatic carbocycles. The van der Waals surface area contributed by atoms with Crippen LogP contribution in [0.4, 0.5) is 11.4 Å². The molecular formula is C22H23N3O3S. The maximum atomic E-state index is 12.8. The van der Waals surface area contributed by atoms with Crippen molar-refractivity contribution in [2.24, 2.45) is 0 Å². The van der Waals surface area contributed by atoms with Gasteiger partial charge in [-0.25, -0.2) is 0 Å². The highest BCUT2D eigenvalue weighted by atomic mass is 32.2. The molecule has 1 unspecified atom stereocenters. The van der Waals surface area contributed by atoms with Gasteiger partial charge in [0.2, 0.25) is 11.8 Å². The molecule has 2 amide bonds. The molecule has 7 heteroatoms. The van der Waals surface area contributed by atoms with Crippen molar-refractivity contribution in [2.45, 2.75) is 23.5 Å². The van der Waals surface area contributed by atoms with Crippen molar-refractivity contribution in [1.29, 1.82) is 0 Å². The smallest absolute Gasteiger partial charge is 0.238 e. The molecule has 29 heavy (non-hydrogen) atoms. The van der Waals surface area contributed by atoms with Crippen LogP contribution in [0.25, 0.3) is 0 Å². The van der Waals surface area contributed by atoms with Crippen LogP contribution in [0.15, 0.2) is 53.4 Å². The SMILES string of the molecule is CC(=O)c1ccc(N2CCN(C(=O)CC3Sc4ccccc4NC3=O)CC2)cc1. The normalized spacial score (nSPS) is 18.8. The summed E-state index contributed by atoms with van der Waals surface area (Å²) in [5.41, 5.74) is 2.57. The van der Waals surface area contributed by atoms with Crippen molar-refractivity contribution < 1.29 is 14.4 Å². The summed E-state index contributed by atoms with van der Waals surface area (Å²) in [7, 11) is 0. The summed E-state index contributed by atoms with van der Waals surface area (Å²) >= 11 is 1.46. The second-order valence-electron chi connectivity index (χ2n) is 7.27. The predicted octanol–water partition coefficient (Wildman–Crippen LogP) is 3.04. The highest BCUT2D eigenvalue weighted by Crippen LogP contribution is 2.36. The van der Waals surface area contributed by atoms with Gasteiger partial charge in [0.05, 0.1) is 10.9 Å². The van der Waals surface area contributed by atoms with Gasteiger partial charge < -0.3 is 15.1 Å². The number of hydrogen-bond donors (Lipinski definition) is 1. The van der Waals surface area contributed by atoms with E-state index >= 15 is 0 Å². The summed E-state index contributed by atoms with van der Waals surface area (Å²) in [4.78, 5) is 41.6. The van der Waals surface area contributed by atoms with Crippen LogP contribution in [0.3, 0.4) is 0 Å². The number of benzene rings is 2. The molecule has 1 atom stereocenters. The third kappa shape index (κ3) is 4.29. The third-order valence-electron chi connectivity index (χ3n) is 5.34. The average molecular weight is 410 g/mol. The molecule has 0 spiro atoms.